The molecule has 1 rings (SSSR count). The number of terminal acetylenes is 1. The van der Waals surface area contributed by atoms with Gasteiger partial charge in [0.1, 0.15) is 6.10 Å². The van der Waals surface area contributed by atoms with Crippen LogP contribution in [0, 0.1) is 30.1 Å². The van der Waals surface area contributed by atoms with E-state index in [2.05, 4.69) is 12.5 Å². The fraction of sp³-hybridized carbons (Fsp3) is 0.615. The Hall–Kier alpha value is -1.23. The van der Waals surface area contributed by atoms with Crippen molar-refractivity contribution in [3.05, 3.63) is 12.7 Å². The smallest absolute Gasteiger partial charge is 0.309 e. The van der Waals surface area contributed by atoms with Gasteiger partial charge in [0.2, 0.25) is 0 Å². The van der Waals surface area contributed by atoms with Gasteiger partial charge in [-0.1, -0.05) is 19.9 Å². The van der Waals surface area contributed by atoms with Crippen molar-refractivity contribution >= 4 is 5.97 Å². The monoisotopic (exact) mass is 206 g/mol. The maximum atomic E-state index is 11.4. The number of hydrogen-bond acceptors (Lipinski definition) is 2. The predicted octanol–water partition coefficient (Wildman–Crippen LogP) is 2.40. The summed E-state index contributed by atoms with van der Waals surface area (Å²) in [6.45, 7) is 7.60. The molecule has 4 atom stereocenters. The lowest BCUT2D eigenvalue weighted by atomic mass is 9.85. The quantitative estimate of drug-likeness (QED) is 0.401. The van der Waals surface area contributed by atoms with Gasteiger partial charge in [0, 0.05) is 11.8 Å². The molecule has 1 heterocycles. The van der Waals surface area contributed by atoms with E-state index in [9.17, 15) is 4.79 Å². The van der Waals surface area contributed by atoms with Gasteiger partial charge in [-0.3, -0.25) is 4.79 Å². The summed E-state index contributed by atoms with van der Waals surface area (Å²) in [4.78, 5) is 11.4. The molecular formula is C13H18O2. The first-order chi connectivity index (χ1) is 7.10. The van der Waals surface area contributed by atoms with Crippen LogP contribution in [0.1, 0.15) is 26.7 Å². The second kappa shape index (κ2) is 5.02. The zero-order valence-electron chi connectivity index (χ0n) is 9.40. The minimum absolute atomic E-state index is 0.0297. The van der Waals surface area contributed by atoms with Gasteiger partial charge in [-0.2, -0.15) is 0 Å². The Kier molecular flexibility index (Phi) is 3.96. The van der Waals surface area contributed by atoms with Crippen molar-refractivity contribution in [3.8, 4) is 12.3 Å². The standard InChI is InChI=1S/C13H18O2/c1-5-7-11-10(4)13(14)15-12(11)8-9(3)6-2/h2,5,9-12H,1,7-8H2,3-4H3/t9-,10+,11-,12+/m1/s1. The zero-order valence-corrected chi connectivity index (χ0v) is 9.40. The number of ether oxygens (including phenoxy) is 1. The molecule has 15 heavy (non-hydrogen) atoms. The van der Waals surface area contributed by atoms with Crippen molar-refractivity contribution in [3.63, 3.8) is 0 Å². The first-order valence-electron chi connectivity index (χ1n) is 5.37. The third-order valence-electron chi connectivity index (χ3n) is 3.07. The summed E-state index contributed by atoms with van der Waals surface area (Å²) in [5.74, 6) is 2.93. The highest BCUT2D eigenvalue weighted by Gasteiger charge is 2.40. The van der Waals surface area contributed by atoms with Crippen LogP contribution < -0.4 is 0 Å². The first-order valence-corrected chi connectivity index (χ1v) is 5.37. The summed E-state index contributed by atoms with van der Waals surface area (Å²) < 4.78 is 5.33. The normalized spacial score (nSPS) is 31.8. The topological polar surface area (TPSA) is 26.3 Å². The SMILES string of the molecule is C#C[C@@H](C)C[C@@H]1OC(=O)[C@@H](C)[C@H]1CC=C. The van der Waals surface area contributed by atoms with E-state index < -0.39 is 0 Å². The van der Waals surface area contributed by atoms with Crippen LogP contribution in [0.2, 0.25) is 0 Å². The molecule has 2 nitrogen and oxygen atoms in total. The van der Waals surface area contributed by atoms with Crippen molar-refractivity contribution < 1.29 is 9.53 Å². The zero-order chi connectivity index (χ0) is 11.4. The highest BCUT2D eigenvalue weighted by atomic mass is 16.6. The molecular weight excluding hydrogens is 188 g/mol. The lowest BCUT2D eigenvalue weighted by Gasteiger charge is -2.19. The average molecular weight is 206 g/mol. The number of esters is 1. The summed E-state index contributed by atoms with van der Waals surface area (Å²) in [6.07, 6.45) is 8.71. The molecule has 0 aromatic rings. The molecule has 0 saturated carbocycles. The number of allylic oxidation sites excluding steroid dienone is 1. The Morgan fingerprint density at radius 1 is 1.73 bits per heavy atom. The Bertz CT molecular complexity index is 287. The molecule has 0 unspecified atom stereocenters. The minimum Gasteiger partial charge on any atom is -0.462 e. The molecule has 0 spiro atoms. The highest BCUT2D eigenvalue weighted by Crippen LogP contribution is 2.34. The van der Waals surface area contributed by atoms with E-state index in [0.29, 0.717) is 0 Å². The lowest BCUT2D eigenvalue weighted by molar-refractivity contribution is -0.144. The van der Waals surface area contributed by atoms with E-state index in [1.54, 1.807) is 0 Å². The third-order valence-corrected chi connectivity index (χ3v) is 3.07. The van der Waals surface area contributed by atoms with Gasteiger partial charge >= 0.3 is 5.97 Å². The van der Waals surface area contributed by atoms with E-state index in [1.807, 2.05) is 19.9 Å². The molecule has 0 N–H and O–H groups in total. The summed E-state index contributed by atoms with van der Waals surface area (Å²) in [5.41, 5.74) is 0. The highest BCUT2D eigenvalue weighted by molar-refractivity contribution is 5.74. The van der Waals surface area contributed by atoms with Gasteiger partial charge in [0.25, 0.3) is 0 Å². The van der Waals surface area contributed by atoms with E-state index >= 15 is 0 Å². The number of rotatable bonds is 4. The van der Waals surface area contributed by atoms with Gasteiger partial charge in [0.15, 0.2) is 0 Å². The molecule has 82 valence electrons. The molecule has 1 saturated heterocycles. The number of cyclic esters (lactones) is 1. The van der Waals surface area contributed by atoms with E-state index in [-0.39, 0.29) is 29.8 Å². The van der Waals surface area contributed by atoms with Crippen LogP contribution in [0.15, 0.2) is 12.7 Å². The maximum absolute atomic E-state index is 11.4. The Labute approximate surface area is 91.7 Å². The van der Waals surface area contributed by atoms with Crippen LogP contribution in [-0.4, -0.2) is 12.1 Å². The fourth-order valence-corrected chi connectivity index (χ4v) is 2.03. The Morgan fingerprint density at radius 2 is 2.40 bits per heavy atom. The number of carbonyl (C=O) groups is 1. The molecule has 1 aliphatic heterocycles. The molecule has 0 radical (unpaired) electrons. The molecule has 0 aromatic carbocycles. The Balaban J connectivity index is 2.66. The third kappa shape index (κ3) is 2.62. The molecule has 0 bridgehead atoms. The van der Waals surface area contributed by atoms with E-state index in [1.165, 1.54) is 0 Å². The fourth-order valence-electron chi connectivity index (χ4n) is 2.03. The first kappa shape index (κ1) is 11.8. The van der Waals surface area contributed by atoms with Gasteiger partial charge in [-0.05, 0) is 12.8 Å². The average Bonchev–Trinajstić information content (AvgIpc) is 2.46. The second-order valence-electron chi connectivity index (χ2n) is 4.26. The van der Waals surface area contributed by atoms with Crippen molar-refractivity contribution in [1.82, 2.24) is 0 Å². The lowest BCUT2D eigenvalue weighted by Crippen LogP contribution is -2.21. The summed E-state index contributed by atoms with van der Waals surface area (Å²) >= 11 is 0. The van der Waals surface area contributed by atoms with Gasteiger partial charge in [-0.15, -0.1) is 18.9 Å². The van der Waals surface area contributed by atoms with Crippen molar-refractivity contribution in [2.75, 3.05) is 0 Å². The summed E-state index contributed by atoms with van der Waals surface area (Å²) in [5, 5.41) is 0. The molecule has 2 heteroatoms. The van der Waals surface area contributed by atoms with Crippen LogP contribution in [-0.2, 0) is 9.53 Å². The molecule has 0 aromatic heterocycles. The summed E-state index contributed by atoms with van der Waals surface area (Å²) in [7, 11) is 0. The Morgan fingerprint density at radius 3 is 2.93 bits per heavy atom. The largest absolute Gasteiger partial charge is 0.462 e. The van der Waals surface area contributed by atoms with Crippen molar-refractivity contribution in [1.29, 1.82) is 0 Å². The summed E-state index contributed by atoms with van der Waals surface area (Å²) in [6, 6.07) is 0. The number of carbonyl (C=O) groups excluding carboxylic acids is 1. The number of hydrogen-bond donors (Lipinski definition) is 0. The van der Waals surface area contributed by atoms with Gasteiger partial charge in [0.05, 0.1) is 5.92 Å². The van der Waals surface area contributed by atoms with Crippen LogP contribution in [0.4, 0.5) is 0 Å². The minimum atomic E-state index is -0.101. The van der Waals surface area contributed by atoms with E-state index in [0.717, 1.165) is 12.8 Å². The van der Waals surface area contributed by atoms with Gasteiger partial charge in [-0.25, -0.2) is 0 Å². The molecule has 1 aliphatic rings. The maximum Gasteiger partial charge on any atom is 0.309 e. The van der Waals surface area contributed by atoms with E-state index in [4.69, 9.17) is 11.2 Å². The van der Waals surface area contributed by atoms with Crippen molar-refractivity contribution in [2.24, 2.45) is 17.8 Å². The van der Waals surface area contributed by atoms with Crippen LogP contribution in [0.5, 0.6) is 0 Å². The van der Waals surface area contributed by atoms with Crippen LogP contribution >= 0.6 is 0 Å². The van der Waals surface area contributed by atoms with Crippen LogP contribution in [0.3, 0.4) is 0 Å². The molecule has 0 aliphatic carbocycles. The second-order valence-corrected chi connectivity index (χ2v) is 4.26. The van der Waals surface area contributed by atoms with Crippen LogP contribution in [0.25, 0.3) is 0 Å². The van der Waals surface area contributed by atoms with Gasteiger partial charge < -0.3 is 4.74 Å². The molecule has 0 amide bonds. The molecule has 1 fully saturated rings. The predicted molar refractivity (Wildman–Crippen MR) is 60.0 cm³/mol. The van der Waals surface area contributed by atoms with Crippen molar-refractivity contribution in [2.45, 2.75) is 32.8 Å².